The number of aliphatic carboxylic acids is 1. The zero-order valence-electron chi connectivity index (χ0n) is 30.0. The van der Waals surface area contributed by atoms with Crippen LogP contribution in [0.3, 0.4) is 0 Å². The quantitative estimate of drug-likeness (QED) is 0.297. The zero-order chi connectivity index (χ0) is 35.3. The maximum absolute atomic E-state index is 13.9. The third-order valence-corrected chi connectivity index (χ3v) is 15.3. The highest BCUT2D eigenvalue weighted by molar-refractivity contribution is 6.30. The number of hydrogen-bond donors (Lipinski definition) is 1. The van der Waals surface area contributed by atoms with Crippen LogP contribution in [0.5, 0.6) is 0 Å². The van der Waals surface area contributed by atoms with Crippen LogP contribution >= 0.6 is 11.6 Å². The van der Waals surface area contributed by atoms with E-state index in [0.29, 0.717) is 59.2 Å². The third kappa shape index (κ3) is 5.08. The number of ether oxygens (including phenoxy) is 1. The molecule has 50 heavy (non-hydrogen) atoms. The van der Waals surface area contributed by atoms with Gasteiger partial charge in [-0.05, 0) is 146 Å². The van der Waals surface area contributed by atoms with E-state index in [2.05, 4.69) is 37.9 Å². The highest BCUT2D eigenvalue weighted by atomic mass is 35.5. The van der Waals surface area contributed by atoms with Gasteiger partial charge in [-0.2, -0.15) is 0 Å². The van der Waals surface area contributed by atoms with E-state index in [4.69, 9.17) is 20.8 Å². The number of carbonyl (C=O) groups excluding carboxylic acids is 2. The predicted octanol–water partition coefficient (Wildman–Crippen LogP) is 8.72. The van der Waals surface area contributed by atoms with Gasteiger partial charge in [-0.3, -0.25) is 14.4 Å². The summed E-state index contributed by atoms with van der Waals surface area (Å²) in [6, 6.07) is 7.44. The maximum Gasteiger partial charge on any atom is 0.309 e. The topological polar surface area (TPSA) is 120 Å². The van der Waals surface area contributed by atoms with Crippen LogP contribution in [0.2, 0.25) is 5.02 Å². The summed E-state index contributed by atoms with van der Waals surface area (Å²) in [4.78, 5) is 38.6. The SMILES string of the molecule is CC(C)C1=C2C3CCC4C(CCC5C(C)C(OC(=O)C6CC(C(=O)O)C6C)CCC54C)C3CCC2(c2nnc(-c3ccc(Cl)cc3)o2)CC1=O. The highest BCUT2D eigenvalue weighted by Gasteiger charge is 2.63. The number of esters is 1. The van der Waals surface area contributed by atoms with Gasteiger partial charge >= 0.3 is 11.9 Å². The molecular weight excluding hydrogens is 652 g/mol. The molecule has 0 saturated heterocycles. The average molecular weight is 703 g/mol. The van der Waals surface area contributed by atoms with Crippen molar-refractivity contribution in [2.45, 2.75) is 110 Å². The van der Waals surface area contributed by atoms with Gasteiger partial charge in [0.25, 0.3) is 0 Å². The Labute approximate surface area is 300 Å². The van der Waals surface area contributed by atoms with Crippen molar-refractivity contribution in [2.75, 3.05) is 0 Å². The Kier molecular flexibility index (Phi) is 8.39. The van der Waals surface area contributed by atoms with Gasteiger partial charge in [-0.1, -0.05) is 46.2 Å². The lowest BCUT2D eigenvalue weighted by atomic mass is 9.43. The van der Waals surface area contributed by atoms with Crippen molar-refractivity contribution in [1.82, 2.24) is 10.2 Å². The number of carbonyl (C=O) groups is 3. The number of nitrogens with zero attached hydrogens (tertiary/aromatic N) is 2. The first-order valence-electron chi connectivity index (χ1n) is 19.1. The summed E-state index contributed by atoms with van der Waals surface area (Å²) in [5, 5.41) is 19.2. The Morgan fingerprint density at radius 2 is 1.68 bits per heavy atom. The summed E-state index contributed by atoms with van der Waals surface area (Å²) >= 11 is 6.14. The summed E-state index contributed by atoms with van der Waals surface area (Å²) in [5.41, 5.74) is 2.80. The van der Waals surface area contributed by atoms with Crippen molar-refractivity contribution in [3.8, 4) is 11.5 Å². The number of aromatic nitrogens is 2. The minimum absolute atomic E-state index is 0.102. The molecule has 0 amide bonds. The number of rotatable bonds is 6. The normalized spacial score (nSPS) is 40.7. The molecule has 5 saturated carbocycles. The minimum Gasteiger partial charge on any atom is -0.481 e. The molecule has 268 valence electrons. The van der Waals surface area contributed by atoms with Gasteiger partial charge < -0.3 is 14.3 Å². The van der Waals surface area contributed by atoms with Gasteiger partial charge in [-0.15, -0.1) is 10.2 Å². The summed E-state index contributed by atoms with van der Waals surface area (Å²) in [5.74, 6) is 2.37. The van der Waals surface area contributed by atoms with Gasteiger partial charge in [0.2, 0.25) is 11.8 Å². The number of Topliss-reactive ketones (excluding diaryl/α,β-unsaturated/α-hetero) is 1. The van der Waals surface area contributed by atoms with Crippen LogP contribution in [0.4, 0.5) is 0 Å². The largest absolute Gasteiger partial charge is 0.481 e. The van der Waals surface area contributed by atoms with Crippen LogP contribution in [0.15, 0.2) is 39.8 Å². The molecule has 2 aromatic rings. The summed E-state index contributed by atoms with van der Waals surface area (Å²) in [6.45, 7) is 11.0. The Balaban J connectivity index is 1.03. The highest BCUT2D eigenvalue weighted by Crippen LogP contribution is 2.68. The van der Waals surface area contributed by atoms with Gasteiger partial charge in [0, 0.05) is 17.0 Å². The van der Waals surface area contributed by atoms with E-state index < -0.39 is 17.3 Å². The van der Waals surface area contributed by atoms with Crippen LogP contribution in [0.25, 0.3) is 11.5 Å². The second-order valence-electron chi connectivity index (χ2n) is 17.4. The van der Waals surface area contributed by atoms with Crippen LogP contribution in [0, 0.1) is 64.6 Å². The first-order valence-corrected chi connectivity index (χ1v) is 19.5. The van der Waals surface area contributed by atoms with E-state index in [1.54, 1.807) is 0 Å². The number of benzene rings is 1. The van der Waals surface area contributed by atoms with E-state index in [1.807, 2.05) is 31.2 Å². The molecule has 1 heterocycles. The number of halogens is 1. The molecule has 5 fully saturated rings. The Morgan fingerprint density at radius 1 is 0.940 bits per heavy atom. The lowest BCUT2D eigenvalue weighted by molar-refractivity contribution is -0.184. The molecule has 6 aliphatic carbocycles. The standard InChI is InChI=1S/C41H51ClN2O6/c1-20(2)34-32(45)19-41(39-44-43-36(50-39)23-6-8-24(42)9-7-23)17-14-25-26-10-12-30-22(4)33(49-38(48)29-18-28(21(29)3)37(46)47)15-16-40(30,5)31(26)13-11-27(25)35(34)41/h6-9,20-22,25-31,33H,10-19H2,1-5H3,(H,46,47). The van der Waals surface area contributed by atoms with Gasteiger partial charge in [0.15, 0.2) is 5.78 Å². The van der Waals surface area contributed by atoms with Crippen molar-refractivity contribution < 1.29 is 28.6 Å². The number of carboxylic acids is 1. The van der Waals surface area contributed by atoms with Crippen molar-refractivity contribution in [3.63, 3.8) is 0 Å². The molecule has 9 heteroatoms. The second-order valence-corrected chi connectivity index (χ2v) is 17.9. The molecule has 0 bridgehead atoms. The first-order chi connectivity index (χ1) is 23.8. The lowest BCUT2D eigenvalue weighted by Crippen LogP contribution is -2.57. The smallest absolute Gasteiger partial charge is 0.309 e. The van der Waals surface area contributed by atoms with E-state index in [0.717, 1.165) is 56.1 Å². The fourth-order valence-corrected chi connectivity index (χ4v) is 12.7. The van der Waals surface area contributed by atoms with Crippen LogP contribution in [0.1, 0.15) is 105 Å². The zero-order valence-corrected chi connectivity index (χ0v) is 30.7. The fraction of sp³-hybridized carbons (Fsp3) is 0.683. The summed E-state index contributed by atoms with van der Waals surface area (Å²) in [6.07, 6.45) is 9.06. The fourth-order valence-electron chi connectivity index (χ4n) is 12.5. The number of fused-ring (bicyclic) bond motifs is 7. The molecule has 12 unspecified atom stereocenters. The van der Waals surface area contributed by atoms with Crippen molar-refractivity contribution >= 4 is 29.3 Å². The van der Waals surface area contributed by atoms with E-state index >= 15 is 0 Å². The number of allylic oxidation sites excluding steroid dienone is 2. The van der Waals surface area contributed by atoms with E-state index in [9.17, 15) is 19.5 Å². The molecule has 12 atom stereocenters. The predicted molar refractivity (Wildman–Crippen MR) is 188 cm³/mol. The molecule has 8 rings (SSSR count). The molecule has 0 spiro atoms. The Hall–Kier alpha value is -3.00. The van der Waals surface area contributed by atoms with Crippen molar-refractivity contribution in [3.05, 3.63) is 46.3 Å². The molecule has 0 radical (unpaired) electrons. The van der Waals surface area contributed by atoms with Gasteiger partial charge in [-0.25, -0.2) is 0 Å². The Bertz CT molecular complexity index is 1730. The van der Waals surface area contributed by atoms with Gasteiger partial charge in [0.1, 0.15) is 6.10 Å². The monoisotopic (exact) mass is 702 g/mol. The Morgan fingerprint density at radius 3 is 2.38 bits per heavy atom. The van der Waals surface area contributed by atoms with Crippen LogP contribution in [-0.2, 0) is 24.5 Å². The summed E-state index contributed by atoms with van der Waals surface area (Å²) < 4.78 is 12.7. The van der Waals surface area contributed by atoms with Crippen LogP contribution in [-0.4, -0.2) is 39.1 Å². The molecule has 0 aliphatic heterocycles. The van der Waals surface area contributed by atoms with Gasteiger partial charge in [0.05, 0.1) is 17.3 Å². The summed E-state index contributed by atoms with van der Waals surface area (Å²) in [7, 11) is 0. The molecule has 1 aromatic heterocycles. The number of hydrogen-bond acceptors (Lipinski definition) is 7. The molecule has 8 nitrogen and oxygen atoms in total. The second kappa shape index (κ2) is 12.3. The van der Waals surface area contributed by atoms with E-state index in [1.165, 1.54) is 12.0 Å². The van der Waals surface area contributed by atoms with E-state index in [-0.39, 0.29) is 46.9 Å². The third-order valence-electron chi connectivity index (χ3n) is 15.1. The van der Waals surface area contributed by atoms with Crippen molar-refractivity contribution in [1.29, 1.82) is 0 Å². The van der Waals surface area contributed by atoms with Crippen molar-refractivity contribution in [2.24, 2.45) is 64.6 Å². The van der Waals surface area contributed by atoms with Crippen LogP contribution < -0.4 is 0 Å². The average Bonchev–Trinajstić information content (AvgIpc) is 3.69. The number of carboxylic acid groups (broad SMARTS) is 1. The maximum atomic E-state index is 13.9. The number of ketones is 1. The molecule has 1 aromatic carbocycles. The lowest BCUT2D eigenvalue weighted by Gasteiger charge is -2.62. The molecule has 6 aliphatic rings. The molecular formula is C41H51ClN2O6. The first kappa shape index (κ1) is 34.1. The minimum atomic E-state index is -0.812. The molecule has 1 N–H and O–H groups in total.